The molecule has 6 rings (SSSR count). The van der Waals surface area contributed by atoms with E-state index in [4.69, 9.17) is 0 Å². The van der Waals surface area contributed by atoms with Crippen LogP contribution < -0.4 is 0 Å². The number of fused-ring (bicyclic) bond motifs is 2. The topological polar surface area (TPSA) is 94.8 Å². The molecule has 0 bridgehead atoms. The number of rotatable bonds is 5. The van der Waals surface area contributed by atoms with Gasteiger partial charge in [0.05, 0.1) is 33.8 Å². The molecule has 2 atom stereocenters. The molecular formula is C29H22F4N4O3S. The summed E-state index contributed by atoms with van der Waals surface area (Å²) in [5.41, 5.74) is -0.471. The first-order valence-electron chi connectivity index (χ1n) is 12.8. The summed E-state index contributed by atoms with van der Waals surface area (Å²) in [6, 6.07) is 11.7. The van der Waals surface area contributed by atoms with Crippen LogP contribution in [-0.4, -0.2) is 39.2 Å². The third-order valence-corrected chi connectivity index (χ3v) is 9.91. The van der Waals surface area contributed by atoms with Gasteiger partial charge in [0.2, 0.25) is 0 Å². The molecule has 0 unspecified atom stereocenters. The normalized spacial score (nSPS) is 20.6. The number of ketones is 1. The van der Waals surface area contributed by atoms with Gasteiger partial charge in [-0.2, -0.15) is 18.3 Å². The Hall–Kier alpha value is -4.19. The van der Waals surface area contributed by atoms with Gasteiger partial charge in [-0.25, -0.2) is 22.5 Å². The standard InChI is InChI=1S/C29H22F4N4O3S/c30-21-5-7-22(8-6-21)37-25-14-19-4-9-23(41(39,40)26-3-1-2-11-35-26)16-28(19,15-18(25)17-36-37)27(38)24-13-20(10-12-34-24)29(31,32)33/h1-3,5-8,10-14,17,23H,4,9,15-16H2/t23-,28-/m0/s1. The van der Waals surface area contributed by atoms with Crippen molar-refractivity contribution in [1.29, 1.82) is 0 Å². The number of alkyl halides is 3. The number of carbonyl (C=O) groups is 1. The number of carbonyl (C=O) groups excluding carboxylic acids is 1. The highest BCUT2D eigenvalue weighted by Crippen LogP contribution is 2.52. The first-order chi connectivity index (χ1) is 19.5. The van der Waals surface area contributed by atoms with Crippen molar-refractivity contribution < 1.29 is 30.8 Å². The molecule has 41 heavy (non-hydrogen) atoms. The third-order valence-electron chi connectivity index (χ3n) is 7.81. The minimum atomic E-state index is -4.69. The van der Waals surface area contributed by atoms with E-state index in [2.05, 4.69) is 15.1 Å². The van der Waals surface area contributed by atoms with Crippen molar-refractivity contribution in [1.82, 2.24) is 19.7 Å². The average molecular weight is 583 g/mol. The summed E-state index contributed by atoms with van der Waals surface area (Å²) in [5.74, 6) is -1.10. The van der Waals surface area contributed by atoms with Crippen molar-refractivity contribution in [2.24, 2.45) is 5.41 Å². The fourth-order valence-electron chi connectivity index (χ4n) is 5.78. The molecule has 2 aliphatic carbocycles. The zero-order chi connectivity index (χ0) is 29.0. The summed E-state index contributed by atoms with van der Waals surface area (Å²) in [7, 11) is -3.96. The lowest BCUT2D eigenvalue weighted by molar-refractivity contribution is -0.137. The largest absolute Gasteiger partial charge is 0.416 e. The molecule has 0 radical (unpaired) electrons. The molecule has 210 valence electrons. The molecule has 1 aromatic carbocycles. The van der Waals surface area contributed by atoms with Crippen molar-refractivity contribution >= 4 is 21.7 Å². The molecule has 1 fully saturated rings. The van der Waals surface area contributed by atoms with Crippen molar-refractivity contribution in [2.45, 2.75) is 42.1 Å². The van der Waals surface area contributed by atoms with Gasteiger partial charge in [0.25, 0.3) is 0 Å². The lowest BCUT2D eigenvalue weighted by atomic mass is 9.61. The number of aromatic nitrogens is 4. The van der Waals surface area contributed by atoms with E-state index >= 15 is 0 Å². The van der Waals surface area contributed by atoms with Crippen molar-refractivity contribution in [3.63, 3.8) is 0 Å². The van der Waals surface area contributed by atoms with E-state index in [1.165, 1.54) is 30.6 Å². The van der Waals surface area contributed by atoms with Crippen LogP contribution in [0.4, 0.5) is 17.6 Å². The molecule has 12 heteroatoms. The first kappa shape index (κ1) is 27.0. The first-order valence-corrected chi connectivity index (χ1v) is 14.3. The Kier molecular flexibility index (Phi) is 6.40. The highest BCUT2D eigenvalue weighted by molar-refractivity contribution is 7.92. The average Bonchev–Trinajstić information content (AvgIpc) is 3.38. The highest BCUT2D eigenvalue weighted by Gasteiger charge is 2.52. The number of nitrogens with zero attached hydrogens (tertiary/aromatic N) is 4. The van der Waals surface area contributed by atoms with E-state index in [0.29, 0.717) is 28.6 Å². The van der Waals surface area contributed by atoms with Gasteiger partial charge in [0, 0.05) is 12.4 Å². The van der Waals surface area contributed by atoms with Crippen molar-refractivity contribution in [3.05, 3.63) is 107 Å². The van der Waals surface area contributed by atoms with Gasteiger partial charge in [0.15, 0.2) is 20.6 Å². The van der Waals surface area contributed by atoms with E-state index in [9.17, 15) is 30.8 Å². The summed E-state index contributed by atoms with van der Waals surface area (Å²) < 4.78 is 82.9. The van der Waals surface area contributed by atoms with Gasteiger partial charge < -0.3 is 0 Å². The minimum absolute atomic E-state index is 0.0142. The summed E-state index contributed by atoms with van der Waals surface area (Å²) in [4.78, 5) is 22.2. The van der Waals surface area contributed by atoms with Crippen LogP contribution in [0.5, 0.6) is 0 Å². The maximum Gasteiger partial charge on any atom is 0.416 e. The predicted octanol–water partition coefficient (Wildman–Crippen LogP) is 5.66. The van der Waals surface area contributed by atoms with Crippen LogP contribution in [-0.2, 0) is 22.4 Å². The summed E-state index contributed by atoms with van der Waals surface area (Å²) >= 11 is 0. The Morgan fingerprint density at radius 2 is 1.80 bits per heavy atom. The molecule has 3 heterocycles. The Morgan fingerprint density at radius 3 is 2.51 bits per heavy atom. The Labute approximate surface area is 232 Å². The van der Waals surface area contributed by atoms with Crippen LogP contribution in [0, 0.1) is 11.2 Å². The van der Waals surface area contributed by atoms with E-state index in [1.807, 2.05) is 0 Å². The van der Waals surface area contributed by atoms with E-state index < -0.39 is 49.5 Å². The van der Waals surface area contributed by atoms with Gasteiger partial charge in [-0.3, -0.25) is 9.78 Å². The quantitative estimate of drug-likeness (QED) is 0.223. The number of halogens is 4. The number of hydrogen-bond acceptors (Lipinski definition) is 6. The smallest absolute Gasteiger partial charge is 0.291 e. The van der Waals surface area contributed by atoms with Crippen LogP contribution in [0.1, 0.15) is 46.6 Å². The van der Waals surface area contributed by atoms with E-state index in [-0.39, 0.29) is 30.7 Å². The van der Waals surface area contributed by atoms with Crippen molar-refractivity contribution in [3.8, 4) is 5.69 Å². The number of sulfone groups is 1. The van der Waals surface area contributed by atoms with Gasteiger partial charge >= 0.3 is 6.18 Å². The number of hydrogen-bond donors (Lipinski definition) is 0. The maximum absolute atomic E-state index is 14.2. The summed E-state index contributed by atoms with van der Waals surface area (Å²) in [5, 5.41) is 3.30. The van der Waals surface area contributed by atoms with Crippen LogP contribution in [0.15, 0.2) is 83.8 Å². The van der Waals surface area contributed by atoms with Gasteiger partial charge in [-0.05, 0) is 85.9 Å². The predicted molar refractivity (Wildman–Crippen MR) is 140 cm³/mol. The van der Waals surface area contributed by atoms with E-state index in [0.717, 1.165) is 12.3 Å². The fourth-order valence-corrected chi connectivity index (χ4v) is 7.53. The summed E-state index contributed by atoms with van der Waals surface area (Å²) in [6.07, 6.45) is 1.15. The van der Waals surface area contributed by atoms with Crippen LogP contribution in [0.2, 0.25) is 0 Å². The monoisotopic (exact) mass is 582 g/mol. The van der Waals surface area contributed by atoms with Crippen LogP contribution in [0.3, 0.4) is 0 Å². The van der Waals surface area contributed by atoms with Crippen molar-refractivity contribution in [2.75, 3.05) is 0 Å². The molecule has 0 spiro atoms. The summed E-state index contributed by atoms with van der Waals surface area (Å²) in [6.45, 7) is 0. The fraction of sp³-hybridized carbons (Fsp3) is 0.241. The third kappa shape index (κ3) is 4.65. The van der Waals surface area contributed by atoms with Crippen LogP contribution >= 0.6 is 0 Å². The number of allylic oxidation sites excluding steroid dienone is 1. The molecule has 0 saturated heterocycles. The zero-order valence-electron chi connectivity index (χ0n) is 21.3. The molecular weight excluding hydrogens is 560 g/mol. The van der Waals surface area contributed by atoms with Gasteiger partial charge in [-0.1, -0.05) is 11.6 Å². The SMILES string of the molecule is O=C(c1cc(C(F)(F)F)ccn1)[C@]12Cc3cnn(-c4ccc(F)cc4)c3C=C1CC[C@H](S(=O)(=O)c1ccccn1)C2. The molecule has 3 aromatic heterocycles. The van der Waals surface area contributed by atoms with Gasteiger partial charge in [0.1, 0.15) is 11.5 Å². The van der Waals surface area contributed by atoms with Crippen LogP contribution in [0.25, 0.3) is 11.8 Å². The Balaban J connectivity index is 1.47. The second-order valence-corrected chi connectivity index (χ2v) is 12.4. The lowest BCUT2D eigenvalue weighted by Gasteiger charge is -2.43. The molecule has 0 amide bonds. The molecule has 2 aliphatic rings. The molecule has 0 N–H and O–H groups in total. The molecule has 0 aliphatic heterocycles. The maximum atomic E-state index is 14.2. The Bertz CT molecular complexity index is 1780. The van der Waals surface area contributed by atoms with E-state index in [1.54, 1.807) is 35.0 Å². The number of pyridine rings is 2. The molecule has 1 saturated carbocycles. The minimum Gasteiger partial charge on any atom is -0.291 e. The highest BCUT2D eigenvalue weighted by atomic mass is 32.2. The second kappa shape index (κ2) is 9.72. The Morgan fingerprint density at radius 1 is 1.02 bits per heavy atom. The lowest BCUT2D eigenvalue weighted by Crippen LogP contribution is -2.46. The number of benzene rings is 1. The molecule has 4 aromatic rings. The molecule has 7 nitrogen and oxygen atoms in total. The van der Waals surface area contributed by atoms with Gasteiger partial charge in [-0.15, -0.1) is 0 Å². The number of Topliss-reactive ketones (excluding diaryl/α,β-unsaturated/α-hetero) is 1. The zero-order valence-corrected chi connectivity index (χ0v) is 22.2. The second-order valence-electron chi connectivity index (χ2n) is 10.2.